The monoisotopic (exact) mass is 456 g/mol. The van der Waals surface area contributed by atoms with Crippen LogP contribution in [0.3, 0.4) is 0 Å². The van der Waals surface area contributed by atoms with Gasteiger partial charge in [0, 0.05) is 23.7 Å². The molecular weight excluding hydrogens is 436 g/mol. The van der Waals surface area contributed by atoms with E-state index in [0.717, 1.165) is 12.8 Å². The van der Waals surface area contributed by atoms with E-state index >= 15 is 0 Å². The van der Waals surface area contributed by atoms with Gasteiger partial charge in [-0.3, -0.25) is 14.6 Å². The average Bonchev–Trinajstić information content (AvgIpc) is 3.58. The van der Waals surface area contributed by atoms with Crippen molar-refractivity contribution in [3.8, 4) is 17.2 Å². The predicted molar refractivity (Wildman–Crippen MR) is 119 cm³/mol. The maximum Gasteiger partial charge on any atom is 0.253 e. The SMILES string of the molecule is NC(=O)c1cc2c(Oc3ccc(C(=O)NC4CC4)c(Cl)c3N)ccnc2cc1OCCO. The van der Waals surface area contributed by atoms with E-state index in [9.17, 15) is 9.59 Å². The lowest BCUT2D eigenvalue weighted by atomic mass is 10.1. The lowest BCUT2D eigenvalue weighted by molar-refractivity contribution is 0.0949. The minimum atomic E-state index is -0.705. The van der Waals surface area contributed by atoms with Gasteiger partial charge in [0.05, 0.1) is 34.0 Å². The minimum Gasteiger partial charge on any atom is -0.490 e. The van der Waals surface area contributed by atoms with Crippen molar-refractivity contribution >= 4 is 40.0 Å². The van der Waals surface area contributed by atoms with Crippen LogP contribution < -0.4 is 26.3 Å². The highest BCUT2D eigenvalue weighted by Gasteiger charge is 2.26. The molecule has 1 heterocycles. The number of aliphatic hydroxyl groups excluding tert-OH is 1. The number of primary amides is 1. The van der Waals surface area contributed by atoms with E-state index in [4.69, 9.17) is 37.6 Å². The zero-order chi connectivity index (χ0) is 22.8. The number of amides is 2. The van der Waals surface area contributed by atoms with E-state index in [1.165, 1.54) is 12.3 Å². The summed E-state index contributed by atoms with van der Waals surface area (Å²) in [4.78, 5) is 28.6. The Balaban J connectivity index is 1.69. The Bertz CT molecular complexity index is 1210. The topological polar surface area (TPSA) is 150 Å². The van der Waals surface area contributed by atoms with Crippen molar-refractivity contribution in [2.24, 2.45) is 5.73 Å². The molecule has 0 unspecified atom stereocenters. The van der Waals surface area contributed by atoms with Crippen molar-refractivity contribution in [1.82, 2.24) is 10.3 Å². The molecule has 0 bridgehead atoms. The van der Waals surface area contributed by atoms with E-state index in [1.54, 1.807) is 24.3 Å². The second-order valence-corrected chi connectivity index (χ2v) is 7.68. The smallest absolute Gasteiger partial charge is 0.253 e. The summed E-state index contributed by atoms with van der Waals surface area (Å²) in [5.74, 6) is -0.192. The van der Waals surface area contributed by atoms with E-state index in [0.29, 0.717) is 16.7 Å². The first-order valence-corrected chi connectivity index (χ1v) is 10.3. The van der Waals surface area contributed by atoms with Crippen molar-refractivity contribution in [2.75, 3.05) is 18.9 Å². The number of hydrogen-bond donors (Lipinski definition) is 4. The number of rotatable bonds is 8. The molecule has 4 rings (SSSR count). The number of carbonyl (C=O) groups excluding carboxylic acids is 2. The van der Waals surface area contributed by atoms with Crippen molar-refractivity contribution in [1.29, 1.82) is 0 Å². The molecule has 0 saturated heterocycles. The number of nitrogen functional groups attached to an aromatic ring is 1. The number of hydrogen-bond acceptors (Lipinski definition) is 7. The zero-order valence-electron chi connectivity index (χ0n) is 16.9. The molecule has 1 fully saturated rings. The fraction of sp³-hybridized carbons (Fsp3) is 0.227. The van der Waals surface area contributed by atoms with Crippen LogP contribution in [0.5, 0.6) is 17.2 Å². The van der Waals surface area contributed by atoms with Crippen molar-refractivity contribution in [3.63, 3.8) is 0 Å². The summed E-state index contributed by atoms with van der Waals surface area (Å²) in [7, 11) is 0. The largest absolute Gasteiger partial charge is 0.490 e. The Morgan fingerprint density at radius 1 is 1.16 bits per heavy atom. The average molecular weight is 457 g/mol. The molecule has 6 N–H and O–H groups in total. The summed E-state index contributed by atoms with van der Waals surface area (Å²) >= 11 is 6.34. The Kier molecular flexibility index (Phi) is 6.02. The number of aromatic nitrogens is 1. The normalized spacial score (nSPS) is 13.1. The maximum absolute atomic E-state index is 12.3. The third-order valence-electron chi connectivity index (χ3n) is 4.93. The van der Waals surface area contributed by atoms with Crippen LogP contribution in [0.2, 0.25) is 5.02 Å². The van der Waals surface area contributed by atoms with Crippen molar-refractivity contribution < 1.29 is 24.2 Å². The molecule has 1 aliphatic carbocycles. The predicted octanol–water partition coefficient (Wildman–Crippen LogP) is 2.62. The van der Waals surface area contributed by atoms with E-state index in [2.05, 4.69) is 10.3 Å². The van der Waals surface area contributed by atoms with Crippen LogP contribution >= 0.6 is 11.6 Å². The molecule has 1 aliphatic rings. The first-order chi connectivity index (χ1) is 15.4. The summed E-state index contributed by atoms with van der Waals surface area (Å²) in [5, 5.41) is 12.5. The fourth-order valence-corrected chi connectivity index (χ4v) is 3.40. The molecule has 9 nitrogen and oxygen atoms in total. The second-order valence-electron chi connectivity index (χ2n) is 7.30. The van der Waals surface area contributed by atoms with Gasteiger partial charge in [0.1, 0.15) is 18.1 Å². The number of fused-ring (bicyclic) bond motifs is 1. The van der Waals surface area contributed by atoms with Gasteiger partial charge in [-0.25, -0.2) is 0 Å². The molecule has 2 aromatic carbocycles. The maximum atomic E-state index is 12.3. The van der Waals surface area contributed by atoms with Crippen molar-refractivity contribution in [3.05, 3.63) is 52.7 Å². The minimum absolute atomic E-state index is 0.00230. The van der Waals surface area contributed by atoms with Crippen LogP contribution in [0.1, 0.15) is 33.6 Å². The van der Waals surface area contributed by atoms with Crippen molar-refractivity contribution in [2.45, 2.75) is 18.9 Å². The molecule has 10 heteroatoms. The molecule has 2 amide bonds. The number of carbonyl (C=O) groups is 2. The molecule has 32 heavy (non-hydrogen) atoms. The molecule has 0 spiro atoms. The van der Waals surface area contributed by atoms with Crippen LogP contribution in [-0.4, -0.2) is 41.2 Å². The quantitative estimate of drug-likeness (QED) is 0.380. The summed E-state index contributed by atoms with van der Waals surface area (Å²) in [6, 6.07) is 7.93. The van der Waals surface area contributed by atoms with E-state index in [-0.39, 0.29) is 58.5 Å². The van der Waals surface area contributed by atoms with Crippen LogP contribution in [0.25, 0.3) is 10.9 Å². The third kappa shape index (κ3) is 4.39. The van der Waals surface area contributed by atoms with Gasteiger partial charge in [-0.15, -0.1) is 0 Å². The van der Waals surface area contributed by atoms with Crippen LogP contribution in [0.4, 0.5) is 5.69 Å². The number of anilines is 1. The summed E-state index contributed by atoms with van der Waals surface area (Å²) in [6.07, 6.45) is 3.43. The Morgan fingerprint density at radius 2 is 1.94 bits per heavy atom. The number of halogens is 1. The van der Waals surface area contributed by atoms with Gasteiger partial charge in [0.15, 0.2) is 5.75 Å². The molecular formula is C22H21ClN4O5. The van der Waals surface area contributed by atoms with Gasteiger partial charge in [0.25, 0.3) is 11.8 Å². The highest BCUT2D eigenvalue weighted by atomic mass is 35.5. The molecule has 0 radical (unpaired) electrons. The van der Waals surface area contributed by atoms with Gasteiger partial charge in [-0.2, -0.15) is 0 Å². The Morgan fingerprint density at radius 3 is 2.62 bits per heavy atom. The Labute approximate surface area is 188 Å². The molecule has 0 aliphatic heterocycles. The van der Waals surface area contributed by atoms with Crippen LogP contribution in [0, 0.1) is 0 Å². The Hall–Kier alpha value is -3.56. The van der Waals surface area contributed by atoms with Gasteiger partial charge in [-0.1, -0.05) is 11.6 Å². The highest BCUT2D eigenvalue weighted by molar-refractivity contribution is 6.36. The summed E-state index contributed by atoms with van der Waals surface area (Å²) in [5.41, 5.74) is 12.6. The van der Waals surface area contributed by atoms with Gasteiger partial charge in [0.2, 0.25) is 0 Å². The first kappa shape index (κ1) is 21.7. The number of nitrogens with zero attached hydrogens (tertiary/aromatic N) is 1. The van der Waals surface area contributed by atoms with Crippen LogP contribution in [-0.2, 0) is 0 Å². The van der Waals surface area contributed by atoms with E-state index < -0.39 is 5.91 Å². The lowest BCUT2D eigenvalue weighted by Crippen LogP contribution is -2.25. The van der Waals surface area contributed by atoms with Gasteiger partial charge < -0.3 is 31.4 Å². The number of aliphatic hydroxyl groups is 1. The fourth-order valence-electron chi connectivity index (χ4n) is 3.15. The first-order valence-electron chi connectivity index (χ1n) is 9.92. The van der Waals surface area contributed by atoms with Gasteiger partial charge in [-0.05, 0) is 37.1 Å². The van der Waals surface area contributed by atoms with E-state index in [1.807, 2.05) is 0 Å². The number of pyridine rings is 1. The summed E-state index contributed by atoms with van der Waals surface area (Å²) in [6.45, 7) is -0.223. The summed E-state index contributed by atoms with van der Waals surface area (Å²) < 4.78 is 11.4. The molecule has 1 saturated carbocycles. The number of benzene rings is 2. The number of nitrogens with one attached hydrogen (secondary N) is 1. The van der Waals surface area contributed by atoms with Crippen LogP contribution in [0.15, 0.2) is 36.5 Å². The lowest BCUT2D eigenvalue weighted by Gasteiger charge is -2.15. The molecule has 166 valence electrons. The third-order valence-corrected chi connectivity index (χ3v) is 5.34. The number of ether oxygens (including phenoxy) is 2. The second kappa shape index (κ2) is 8.89. The number of nitrogens with two attached hydrogens (primary N) is 2. The molecule has 0 atom stereocenters. The zero-order valence-corrected chi connectivity index (χ0v) is 17.7. The standard InChI is InChI=1S/C22H21ClN4O5/c23-19-12(22(30)27-11-1-2-11)3-4-17(20(19)24)32-16-5-6-26-15-10-18(31-8-7-28)14(21(25)29)9-13(15)16/h3-6,9-11,28H,1-2,7-8,24H2,(H2,25,29)(H,27,30). The van der Waals surface area contributed by atoms with Gasteiger partial charge >= 0.3 is 0 Å². The molecule has 1 aromatic heterocycles. The highest BCUT2D eigenvalue weighted by Crippen LogP contribution is 2.38. The molecule has 3 aromatic rings.